The van der Waals surface area contributed by atoms with Crippen LogP contribution in [0.3, 0.4) is 0 Å². The fourth-order valence-corrected chi connectivity index (χ4v) is 3.67. The predicted octanol–water partition coefficient (Wildman–Crippen LogP) is 5.14. The van der Waals surface area contributed by atoms with E-state index in [1.807, 2.05) is 0 Å². The number of rotatable bonds is 4. The Bertz CT molecular complexity index is 508. The van der Waals surface area contributed by atoms with Crippen LogP contribution in [0.4, 0.5) is 8.78 Å². The molecule has 1 aromatic rings. The maximum absolute atomic E-state index is 14.4. The third kappa shape index (κ3) is 3.45. The van der Waals surface area contributed by atoms with Gasteiger partial charge in [0.2, 0.25) is 0 Å². The van der Waals surface area contributed by atoms with E-state index in [0.717, 1.165) is 18.9 Å². The summed E-state index contributed by atoms with van der Waals surface area (Å²) in [4.78, 5) is 0. The highest BCUT2D eigenvalue weighted by Gasteiger charge is 2.41. The molecule has 2 atom stereocenters. The molecule has 0 aliphatic heterocycles. The first kappa shape index (κ1) is 16.4. The minimum absolute atomic E-state index is 0.0539. The lowest BCUT2D eigenvalue weighted by Gasteiger charge is -2.36. The third-order valence-corrected chi connectivity index (χ3v) is 4.87. The third-order valence-electron chi connectivity index (χ3n) is 4.87. The fraction of sp³-hybridized carbons (Fsp3) is 0.667. The summed E-state index contributed by atoms with van der Waals surface area (Å²) in [5.74, 6) is -0.525. The van der Waals surface area contributed by atoms with Crippen molar-refractivity contribution in [3.8, 4) is 0 Å². The SMILES string of the molecule is Cc1cc(C(NC(C)C)C2CCCC2(C)C)c(F)cc1F. The monoisotopic (exact) mass is 295 g/mol. The van der Waals surface area contributed by atoms with Gasteiger partial charge in [-0.05, 0) is 42.7 Å². The lowest BCUT2D eigenvalue weighted by molar-refractivity contribution is 0.188. The quantitative estimate of drug-likeness (QED) is 0.811. The van der Waals surface area contributed by atoms with Crippen LogP contribution in [0.15, 0.2) is 12.1 Å². The molecular weight excluding hydrogens is 268 g/mol. The predicted molar refractivity (Wildman–Crippen MR) is 83.2 cm³/mol. The second-order valence-electron chi connectivity index (χ2n) is 7.41. The summed E-state index contributed by atoms with van der Waals surface area (Å²) < 4.78 is 27.9. The molecule has 0 heterocycles. The van der Waals surface area contributed by atoms with E-state index in [0.29, 0.717) is 17.0 Å². The molecule has 0 saturated heterocycles. The lowest BCUT2D eigenvalue weighted by Crippen LogP contribution is -2.38. The summed E-state index contributed by atoms with van der Waals surface area (Å²) in [6.45, 7) is 10.4. The zero-order valence-electron chi connectivity index (χ0n) is 13.8. The van der Waals surface area contributed by atoms with Gasteiger partial charge in [0.1, 0.15) is 11.6 Å². The van der Waals surface area contributed by atoms with Crippen molar-refractivity contribution in [3.63, 3.8) is 0 Å². The molecule has 2 unspecified atom stereocenters. The van der Waals surface area contributed by atoms with Crippen LogP contribution in [0.25, 0.3) is 0 Å². The Kier molecular flexibility index (Phi) is 4.72. The van der Waals surface area contributed by atoms with E-state index in [4.69, 9.17) is 0 Å². The van der Waals surface area contributed by atoms with E-state index in [2.05, 4.69) is 33.0 Å². The molecule has 1 aliphatic rings. The highest BCUT2D eigenvalue weighted by atomic mass is 19.1. The number of nitrogens with one attached hydrogen (secondary N) is 1. The summed E-state index contributed by atoms with van der Waals surface area (Å²) in [6.07, 6.45) is 3.43. The Morgan fingerprint density at radius 3 is 2.38 bits per heavy atom. The van der Waals surface area contributed by atoms with Crippen molar-refractivity contribution in [1.82, 2.24) is 5.32 Å². The fourth-order valence-electron chi connectivity index (χ4n) is 3.67. The van der Waals surface area contributed by atoms with Crippen molar-refractivity contribution in [2.24, 2.45) is 11.3 Å². The zero-order valence-corrected chi connectivity index (χ0v) is 13.8. The van der Waals surface area contributed by atoms with E-state index in [1.165, 1.54) is 6.42 Å². The van der Waals surface area contributed by atoms with Gasteiger partial charge in [0.15, 0.2) is 0 Å². The average molecular weight is 295 g/mol. The summed E-state index contributed by atoms with van der Waals surface area (Å²) in [7, 11) is 0. The highest BCUT2D eigenvalue weighted by molar-refractivity contribution is 5.29. The van der Waals surface area contributed by atoms with Crippen molar-refractivity contribution in [2.75, 3.05) is 0 Å². The second-order valence-corrected chi connectivity index (χ2v) is 7.41. The summed E-state index contributed by atoms with van der Waals surface area (Å²) in [5.41, 5.74) is 1.31. The van der Waals surface area contributed by atoms with Gasteiger partial charge in [-0.2, -0.15) is 0 Å². The van der Waals surface area contributed by atoms with Crippen LogP contribution in [0.5, 0.6) is 0 Å². The number of aryl methyl sites for hydroxylation is 1. The van der Waals surface area contributed by atoms with E-state index in [9.17, 15) is 8.78 Å². The van der Waals surface area contributed by atoms with Crippen molar-refractivity contribution < 1.29 is 8.78 Å². The first-order valence-corrected chi connectivity index (χ1v) is 7.94. The molecule has 1 aromatic carbocycles. The van der Waals surface area contributed by atoms with Gasteiger partial charge in [0, 0.05) is 23.7 Å². The van der Waals surface area contributed by atoms with Gasteiger partial charge >= 0.3 is 0 Å². The van der Waals surface area contributed by atoms with Gasteiger partial charge in [0.25, 0.3) is 0 Å². The largest absolute Gasteiger partial charge is 0.307 e. The molecule has 2 rings (SSSR count). The van der Waals surface area contributed by atoms with Crippen molar-refractivity contribution >= 4 is 0 Å². The van der Waals surface area contributed by atoms with E-state index in [1.54, 1.807) is 13.0 Å². The minimum Gasteiger partial charge on any atom is -0.307 e. The standard InChI is InChI=1S/C18H27F2N/c1-11(2)21-17(14-7-6-8-18(14,4)5)13-9-12(3)15(19)10-16(13)20/h9-11,14,17,21H,6-8H2,1-5H3. The molecule has 1 N–H and O–H groups in total. The Morgan fingerprint density at radius 1 is 1.19 bits per heavy atom. The van der Waals surface area contributed by atoms with E-state index < -0.39 is 11.6 Å². The first-order chi connectivity index (χ1) is 9.72. The molecule has 1 saturated carbocycles. The van der Waals surface area contributed by atoms with Crippen LogP contribution < -0.4 is 5.32 Å². The Labute approximate surface area is 127 Å². The second kappa shape index (κ2) is 6.04. The maximum atomic E-state index is 14.4. The number of hydrogen-bond acceptors (Lipinski definition) is 1. The van der Waals surface area contributed by atoms with Crippen LogP contribution in [-0.4, -0.2) is 6.04 Å². The molecule has 0 bridgehead atoms. The van der Waals surface area contributed by atoms with Crippen LogP contribution in [-0.2, 0) is 0 Å². The smallest absolute Gasteiger partial charge is 0.130 e. The van der Waals surface area contributed by atoms with E-state index >= 15 is 0 Å². The average Bonchev–Trinajstić information content (AvgIpc) is 2.70. The molecule has 118 valence electrons. The highest BCUT2D eigenvalue weighted by Crippen LogP contribution is 2.49. The van der Waals surface area contributed by atoms with Crippen LogP contribution in [0, 0.1) is 29.9 Å². The van der Waals surface area contributed by atoms with Gasteiger partial charge in [-0.3, -0.25) is 0 Å². The minimum atomic E-state index is -0.467. The van der Waals surface area contributed by atoms with Gasteiger partial charge in [0.05, 0.1) is 0 Å². The summed E-state index contributed by atoms with van der Waals surface area (Å²) >= 11 is 0. The molecule has 0 amide bonds. The van der Waals surface area contributed by atoms with Crippen LogP contribution >= 0.6 is 0 Å². The van der Waals surface area contributed by atoms with Gasteiger partial charge in [-0.25, -0.2) is 8.78 Å². The summed E-state index contributed by atoms with van der Waals surface area (Å²) in [6, 6.07) is 2.92. The molecule has 1 aliphatic carbocycles. The molecule has 21 heavy (non-hydrogen) atoms. The Morgan fingerprint density at radius 2 is 1.86 bits per heavy atom. The molecule has 1 nitrogen and oxygen atoms in total. The van der Waals surface area contributed by atoms with Gasteiger partial charge < -0.3 is 5.32 Å². The molecule has 0 radical (unpaired) electrons. The maximum Gasteiger partial charge on any atom is 0.130 e. The first-order valence-electron chi connectivity index (χ1n) is 7.94. The lowest BCUT2D eigenvalue weighted by atomic mass is 9.75. The zero-order chi connectivity index (χ0) is 15.8. The van der Waals surface area contributed by atoms with Gasteiger partial charge in [-0.15, -0.1) is 0 Å². The number of benzene rings is 1. The van der Waals surface area contributed by atoms with Crippen molar-refractivity contribution in [2.45, 2.75) is 66.0 Å². The number of halogens is 2. The molecule has 0 aromatic heterocycles. The van der Waals surface area contributed by atoms with Crippen molar-refractivity contribution in [3.05, 3.63) is 34.9 Å². The Balaban J connectivity index is 2.43. The molecule has 0 spiro atoms. The topological polar surface area (TPSA) is 12.0 Å². The van der Waals surface area contributed by atoms with Gasteiger partial charge in [-0.1, -0.05) is 34.1 Å². The molecule has 3 heteroatoms. The summed E-state index contributed by atoms with van der Waals surface area (Å²) in [5, 5.41) is 3.52. The normalized spacial score (nSPS) is 22.8. The molecule has 1 fully saturated rings. The Hall–Kier alpha value is -0.960. The number of hydrogen-bond donors (Lipinski definition) is 1. The van der Waals surface area contributed by atoms with Crippen LogP contribution in [0.1, 0.15) is 64.1 Å². The van der Waals surface area contributed by atoms with E-state index in [-0.39, 0.29) is 17.5 Å². The van der Waals surface area contributed by atoms with Crippen LogP contribution in [0.2, 0.25) is 0 Å². The van der Waals surface area contributed by atoms with Crippen molar-refractivity contribution in [1.29, 1.82) is 0 Å². The molecular formula is C18H27F2N.